The molecule has 1 aliphatic rings. The molecule has 5 heteroatoms. The van der Waals surface area contributed by atoms with Gasteiger partial charge in [-0.15, -0.1) is 0 Å². The molecule has 3 amide bonds. The molecule has 1 saturated heterocycles. The summed E-state index contributed by atoms with van der Waals surface area (Å²) in [5, 5.41) is 0. The van der Waals surface area contributed by atoms with Gasteiger partial charge in [0.25, 0.3) is 5.91 Å². The third-order valence-corrected chi connectivity index (χ3v) is 3.09. The molecule has 0 spiro atoms. The lowest BCUT2D eigenvalue weighted by molar-refractivity contribution is -0.816. The zero-order valence-electron chi connectivity index (χ0n) is 9.47. The van der Waals surface area contributed by atoms with E-state index in [0.29, 0.717) is 5.69 Å². The van der Waals surface area contributed by atoms with Crippen LogP contribution in [-0.4, -0.2) is 41.5 Å². The lowest BCUT2D eigenvalue weighted by Gasteiger charge is -2.22. The number of imide groups is 1. The van der Waals surface area contributed by atoms with Crippen LogP contribution < -0.4 is 4.90 Å². The molecule has 1 aromatic heterocycles. The summed E-state index contributed by atoms with van der Waals surface area (Å²) in [6.45, 7) is 1.75. The Morgan fingerprint density at radius 2 is 2.12 bits per heavy atom. The van der Waals surface area contributed by atoms with Crippen molar-refractivity contribution in [1.29, 1.82) is 0 Å². The van der Waals surface area contributed by atoms with Gasteiger partial charge in [-0.1, -0.05) is 0 Å². The Balaban J connectivity index is 2.45. The van der Waals surface area contributed by atoms with Gasteiger partial charge in [0.2, 0.25) is 0 Å². The van der Waals surface area contributed by atoms with Gasteiger partial charge in [0, 0.05) is 0 Å². The first-order chi connectivity index (χ1) is 7.46. The summed E-state index contributed by atoms with van der Waals surface area (Å²) >= 11 is 0. The van der Waals surface area contributed by atoms with Crippen LogP contribution in [0.1, 0.15) is 6.92 Å². The molecular formula is C11H13N3O2+. The number of carbonyl (C=O) groups excluding carboxylic acids is 2. The number of likely N-dealkylation sites (N-methyl/N-ethyl adjacent to an activating group) is 1. The summed E-state index contributed by atoms with van der Waals surface area (Å²) in [7, 11) is 3.46. The van der Waals surface area contributed by atoms with E-state index >= 15 is 0 Å². The Morgan fingerprint density at radius 1 is 1.44 bits per heavy atom. The van der Waals surface area contributed by atoms with Crippen molar-refractivity contribution in [3.05, 3.63) is 24.5 Å². The van der Waals surface area contributed by atoms with Crippen molar-refractivity contribution >= 4 is 17.6 Å². The molecule has 1 radical (unpaired) electrons. The summed E-state index contributed by atoms with van der Waals surface area (Å²) in [5.41, 5.74) is 0.504. The second-order valence-corrected chi connectivity index (χ2v) is 4.32. The van der Waals surface area contributed by atoms with Gasteiger partial charge in [-0.25, -0.2) is 9.28 Å². The third kappa shape index (κ3) is 1.32. The number of pyridine rings is 1. The van der Waals surface area contributed by atoms with Crippen molar-refractivity contribution in [3.63, 3.8) is 0 Å². The summed E-state index contributed by atoms with van der Waals surface area (Å²) < 4.78 is 0.0391. The summed E-state index contributed by atoms with van der Waals surface area (Å²) in [4.78, 5) is 29.0. The van der Waals surface area contributed by atoms with Crippen LogP contribution >= 0.6 is 0 Å². The maximum Gasteiger partial charge on any atom is 0.430 e. The van der Waals surface area contributed by atoms with E-state index in [-0.39, 0.29) is 22.5 Å². The van der Waals surface area contributed by atoms with Crippen molar-refractivity contribution in [1.82, 2.24) is 4.98 Å². The summed E-state index contributed by atoms with van der Waals surface area (Å²) in [6, 6.07) is 2.64. The maximum atomic E-state index is 12.1. The first-order valence-corrected chi connectivity index (χ1v) is 5.00. The van der Waals surface area contributed by atoms with Crippen LogP contribution in [0, 0.1) is 6.20 Å². The lowest BCUT2D eigenvalue weighted by Crippen LogP contribution is -2.47. The van der Waals surface area contributed by atoms with Crippen molar-refractivity contribution in [2.45, 2.75) is 13.0 Å². The first kappa shape index (κ1) is 10.8. The molecule has 1 unspecified atom stereocenters. The molecule has 2 heterocycles. The van der Waals surface area contributed by atoms with Crippen LogP contribution in [0.4, 0.5) is 10.5 Å². The van der Waals surface area contributed by atoms with Crippen LogP contribution in [0.2, 0.25) is 0 Å². The smallest absolute Gasteiger partial charge is 0.267 e. The number of hydrogen-bond acceptors (Lipinski definition) is 3. The van der Waals surface area contributed by atoms with Gasteiger partial charge in [0.1, 0.15) is 0 Å². The van der Waals surface area contributed by atoms with Crippen molar-refractivity contribution in [3.8, 4) is 0 Å². The van der Waals surface area contributed by atoms with Crippen LogP contribution in [-0.2, 0) is 4.79 Å². The predicted molar refractivity (Wildman–Crippen MR) is 57.5 cm³/mol. The number of aromatic nitrogens is 1. The largest absolute Gasteiger partial charge is 0.430 e. The number of anilines is 1. The number of carbonyl (C=O) groups is 2. The SMILES string of the molecule is CC1C(=O)N(c2cc[c]nc2)C(=O)[N+]1(C)C. The Morgan fingerprint density at radius 3 is 2.56 bits per heavy atom. The standard InChI is InChI=1S/C11H13N3O2/c1-8-10(15)13(11(16)14(8,2)3)9-5-4-6-12-7-9/h4-5,7-8H,1-3H3/q+1. The van der Waals surface area contributed by atoms with E-state index in [1.165, 1.54) is 11.1 Å². The molecule has 1 aromatic rings. The second-order valence-electron chi connectivity index (χ2n) is 4.32. The fourth-order valence-corrected chi connectivity index (χ4v) is 1.66. The van der Waals surface area contributed by atoms with Gasteiger partial charge in [0.15, 0.2) is 6.04 Å². The summed E-state index contributed by atoms with van der Waals surface area (Å²) in [6.07, 6.45) is 4.08. The molecule has 16 heavy (non-hydrogen) atoms. The van der Waals surface area contributed by atoms with Crippen LogP contribution in [0.15, 0.2) is 18.3 Å². The Hall–Kier alpha value is -1.75. The highest BCUT2D eigenvalue weighted by Gasteiger charge is 2.53. The minimum atomic E-state index is -0.364. The van der Waals surface area contributed by atoms with Crippen molar-refractivity contribution < 1.29 is 14.1 Å². The molecule has 1 aliphatic heterocycles. The fourth-order valence-electron chi connectivity index (χ4n) is 1.66. The van der Waals surface area contributed by atoms with Crippen LogP contribution in [0.25, 0.3) is 0 Å². The monoisotopic (exact) mass is 219 g/mol. The average Bonchev–Trinajstić information content (AvgIpc) is 2.42. The molecule has 83 valence electrons. The van der Waals surface area contributed by atoms with Crippen LogP contribution in [0.5, 0.6) is 0 Å². The Bertz CT molecular complexity index is 442. The van der Waals surface area contributed by atoms with Gasteiger partial charge in [0.05, 0.1) is 32.2 Å². The Labute approximate surface area is 93.9 Å². The molecule has 0 saturated carbocycles. The minimum Gasteiger partial charge on any atom is -0.267 e. The zero-order chi connectivity index (χ0) is 11.9. The number of hydrogen-bond donors (Lipinski definition) is 0. The molecule has 1 atom stereocenters. The zero-order valence-corrected chi connectivity index (χ0v) is 9.47. The number of nitrogens with zero attached hydrogens (tertiary/aromatic N) is 3. The molecule has 5 nitrogen and oxygen atoms in total. The topological polar surface area (TPSA) is 50.3 Å². The number of rotatable bonds is 1. The Kier molecular flexibility index (Phi) is 2.27. The van der Waals surface area contributed by atoms with E-state index in [0.717, 1.165) is 0 Å². The number of quaternary nitrogens is 1. The molecular weight excluding hydrogens is 206 g/mol. The summed E-state index contributed by atoms with van der Waals surface area (Å²) in [5.74, 6) is -0.192. The average molecular weight is 219 g/mol. The van der Waals surface area contributed by atoms with E-state index in [2.05, 4.69) is 11.2 Å². The van der Waals surface area contributed by atoms with Gasteiger partial charge >= 0.3 is 6.03 Å². The fraction of sp³-hybridized carbons (Fsp3) is 0.364. The van der Waals surface area contributed by atoms with Crippen molar-refractivity contribution in [2.75, 3.05) is 19.0 Å². The number of amides is 3. The third-order valence-electron chi connectivity index (χ3n) is 3.09. The molecule has 0 bridgehead atoms. The van der Waals surface area contributed by atoms with E-state index in [1.54, 1.807) is 33.2 Å². The highest BCUT2D eigenvalue weighted by Crippen LogP contribution is 2.27. The molecule has 0 N–H and O–H groups in total. The normalized spacial score (nSPS) is 23.9. The molecule has 2 rings (SSSR count). The highest BCUT2D eigenvalue weighted by atomic mass is 16.2. The highest BCUT2D eigenvalue weighted by molar-refractivity contribution is 6.17. The van der Waals surface area contributed by atoms with E-state index < -0.39 is 0 Å². The quantitative estimate of drug-likeness (QED) is 0.519. The van der Waals surface area contributed by atoms with Crippen LogP contribution in [0.3, 0.4) is 0 Å². The molecule has 0 aliphatic carbocycles. The second kappa shape index (κ2) is 3.38. The first-order valence-electron chi connectivity index (χ1n) is 5.00. The predicted octanol–water partition coefficient (Wildman–Crippen LogP) is 0.813. The van der Waals surface area contributed by atoms with E-state index in [1.807, 2.05) is 0 Å². The van der Waals surface area contributed by atoms with Gasteiger partial charge < -0.3 is 0 Å². The maximum absolute atomic E-state index is 12.1. The van der Waals surface area contributed by atoms with E-state index in [4.69, 9.17) is 0 Å². The minimum absolute atomic E-state index is 0.0391. The van der Waals surface area contributed by atoms with E-state index in [9.17, 15) is 9.59 Å². The van der Waals surface area contributed by atoms with Gasteiger partial charge in [-0.3, -0.25) is 9.78 Å². The molecule has 1 fully saturated rings. The molecule has 0 aromatic carbocycles. The van der Waals surface area contributed by atoms with Gasteiger partial charge in [-0.05, 0) is 19.1 Å². The lowest BCUT2D eigenvalue weighted by atomic mass is 10.3. The number of urea groups is 1. The van der Waals surface area contributed by atoms with Crippen molar-refractivity contribution in [2.24, 2.45) is 0 Å². The van der Waals surface area contributed by atoms with Gasteiger partial charge in [-0.2, -0.15) is 4.90 Å².